The normalized spacial score (nSPS) is 10.9. The lowest BCUT2D eigenvalue weighted by Gasteiger charge is -2.01. The summed E-state index contributed by atoms with van der Waals surface area (Å²) in [5.41, 5.74) is 2.75. The van der Waals surface area contributed by atoms with Crippen LogP contribution in [0.5, 0.6) is 0 Å². The van der Waals surface area contributed by atoms with Crippen LogP contribution in [-0.2, 0) is 4.79 Å². The lowest BCUT2D eigenvalue weighted by Crippen LogP contribution is -2.17. The number of rotatable bonds is 8. The average molecular weight is 343 g/mol. The Balaban J connectivity index is 2.29. The Morgan fingerprint density at radius 2 is 2.10 bits per heavy atom. The molecule has 1 N–H and O–H groups in total. The van der Waals surface area contributed by atoms with Crippen molar-refractivity contribution in [3.05, 3.63) is 34.1 Å². The molecule has 0 fully saturated rings. The molecule has 0 radical (unpaired) electrons. The van der Waals surface area contributed by atoms with Gasteiger partial charge in [-0.2, -0.15) is 5.10 Å². The molecule has 0 aliphatic heterocycles. The van der Waals surface area contributed by atoms with Crippen molar-refractivity contribution in [2.24, 2.45) is 5.10 Å². The number of unbranched alkanes of at least 4 members (excludes halogenated alkanes) is 4. The summed E-state index contributed by atoms with van der Waals surface area (Å²) in [5, 5.41) is 3.77. The van der Waals surface area contributed by atoms with Crippen LogP contribution in [0.25, 0.3) is 0 Å². The molecule has 0 aliphatic carbocycles. The molecule has 0 atom stereocenters. The first kappa shape index (κ1) is 16.8. The van der Waals surface area contributed by atoms with Gasteiger partial charge in [0.05, 0.1) is 6.21 Å². The van der Waals surface area contributed by atoms with Gasteiger partial charge in [0.2, 0.25) is 5.91 Å². The highest BCUT2D eigenvalue weighted by molar-refractivity contribution is 9.10. The minimum atomic E-state index is -0.370. The highest BCUT2D eigenvalue weighted by Gasteiger charge is 2.01. The number of nitrogens with one attached hydrogen (secondary N) is 1. The monoisotopic (exact) mass is 342 g/mol. The van der Waals surface area contributed by atoms with Gasteiger partial charge in [-0.3, -0.25) is 4.79 Å². The number of hydrogen-bond acceptors (Lipinski definition) is 2. The lowest BCUT2D eigenvalue weighted by atomic mass is 10.1. The molecule has 0 aromatic heterocycles. The molecule has 1 amide bonds. The molecule has 1 rings (SSSR count). The van der Waals surface area contributed by atoms with E-state index in [2.05, 4.69) is 33.4 Å². The first-order valence-corrected chi connectivity index (χ1v) is 7.69. The molecule has 3 nitrogen and oxygen atoms in total. The molecule has 5 heteroatoms. The maximum Gasteiger partial charge on any atom is 0.240 e. The van der Waals surface area contributed by atoms with Gasteiger partial charge in [0.15, 0.2) is 0 Å². The molecule has 20 heavy (non-hydrogen) atoms. The summed E-state index contributed by atoms with van der Waals surface area (Å²) in [6.45, 7) is 2.16. The lowest BCUT2D eigenvalue weighted by molar-refractivity contribution is -0.121. The minimum Gasteiger partial charge on any atom is -0.273 e. The van der Waals surface area contributed by atoms with Gasteiger partial charge >= 0.3 is 0 Å². The van der Waals surface area contributed by atoms with Crippen LogP contribution in [0.1, 0.15) is 51.0 Å². The summed E-state index contributed by atoms with van der Waals surface area (Å²) < 4.78 is 14.2. The average Bonchev–Trinajstić information content (AvgIpc) is 2.42. The number of carbonyl (C=O) groups is 1. The van der Waals surface area contributed by atoms with E-state index >= 15 is 0 Å². The molecule has 110 valence electrons. The van der Waals surface area contributed by atoms with Gasteiger partial charge in [-0.1, -0.05) is 48.5 Å². The third-order valence-electron chi connectivity index (χ3n) is 2.86. The molecule has 0 spiro atoms. The molecule has 0 bridgehead atoms. The zero-order valence-electron chi connectivity index (χ0n) is 11.7. The number of benzene rings is 1. The highest BCUT2D eigenvalue weighted by Crippen LogP contribution is 2.13. The number of nitrogens with zero attached hydrogens (tertiary/aromatic N) is 1. The van der Waals surface area contributed by atoms with Crippen LogP contribution >= 0.6 is 15.9 Å². The van der Waals surface area contributed by atoms with Crippen molar-refractivity contribution < 1.29 is 9.18 Å². The molecule has 0 heterocycles. The van der Waals surface area contributed by atoms with Crippen molar-refractivity contribution in [2.45, 2.75) is 45.4 Å². The van der Waals surface area contributed by atoms with E-state index in [-0.39, 0.29) is 11.7 Å². The van der Waals surface area contributed by atoms with Crippen LogP contribution < -0.4 is 5.43 Å². The summed E-state index contributed by atoms with van der Waals surface area (Å²) in [4.78, 5) is 11.5. The summed E-state index contributed by atoms with van der Waals surface area (Å²) in [5.74, 6) is -0.501. The molecular weight excluding hydrogens is 323 g/mol. The van der Waals surface area contributed by atoms with Crippen LogP contribution in [0.4, 0.5) is 4.39 Å². The van der Waals surface area contributed by atoms with Gasteiger partial charge < -0.3 is 0 Å². The van der Waals surface area contributed by atoms with Crippen molar-refractivity contribution in [1.29, 1.82) is 0 Å². The minimum absolute atomic E-state index is 0.131. The van der Waals surface area contributed by atoms with Crippen LogP contribution in [0.3, 0.4) is 0 Å². The van der Waals surface area contributed by atoms with E-state index in [0.717, 1.165) is 23.7 Å². The van der Waals surface area contributed by atoms with E-state index in [0.29, 0.717) is 12.0 Å². The van der Waals surface area contributed by atoms with Crippen LogP contribution in [0, 0.1) is 5.82 Å². The van der Waals surface area contributed by atoms with Gasteiger partial charge in [0, 0.05) is 16.5 Å². The van der Waals surface area contributed by atoms with E-state index in [9.17, 15) is 9.18 Å². The number of halogens is 2. The van der Waals surface area contributed by atoms with Gasteiger partial charge in [-0.15, -0.1) is 0 Å². The predicted molar refractivity (Wildman–Crippen MR) is 83.2 cm³/mol. The summed E-state index contributed by atoms with van der Waals surface area (Å²) in [6.07, 6.45) is 7.27. The summed E-state index contributed by atoms with van der Waals surface area (Å²) >= 11 is 3.26. The smallest absolute Gasteiger partial charge is 0.240 e. The molecule has 1 aromatic rings. The van der Waals surface area contributed by atoms with Crippen LogP contribution in [0.15, 0.2) is 27.8 Å². The van der Waals surface area contributed by atoms with E-state index in [4.69, 9.17) is 0 Å². The second-order valence-corrected chi connectivity index (χ2v) is 5.54. The van der Waals surface area contributed by atoms with Crippen molar-refractivity contribution >= 4 is 28.1 Å². The zero-order valence-corrected chi connectivity index (χ0v) is 13.2. The van der Waals surface area contributed by atoms with Gasteiger partial charge in [-0.25, -0.2) is 9.82 Å². The van der Waals surface area contributed by atoms with Gasteiger partial charge in [0.1, 0.15) is 5.82 Å². The zero-order chi connectivity index (χ0) is 14.8. The number of carbonyl (C=O) groups excluding carboxylic acids is 1. The van der Waals surface area contributed by atoms with Crippen molar-refractivity contribution in [3.63, 3.8) is 0 Å². The first-order chi connectivity index (χ1) is 9.63. The van der Waals surface area contributed by atoms with E-state index < -0.39 is 0 Å². The van der Waals surface area contributed by atoms with Crippen molar-refractivity contribution in [2.75, 3.05) is 0 Å². The molecule has 0 saturated heterocycles. The summed E-state index contributed by atoms with van der Waals surface area (Å²) in [6, 6.07) is 4.57. The van der Waals surface area contributed by atoms with E-state index in [1.54, 1.807) is 12.1 Å². The molecule has 0 aliphatic rings. The maximum atomic E-state index is 13.4. The third kappa shape index (κ3) is 6.80. The Labute approximate surface area is 127 Å². The van der Waals surface area contributed by atoms with E-state index in [1.807, 2.05) is 0 Å². The number of hydrazone groups is 1. The van der Waals surface area contributed by atoms with Gasteiger partial charge in [0.25, 0.3) is 0 Å². The standard InChI is InChI=1S/C15H20BrFN2O/c1-2-3-4-5-6-7-15(20)19-18-11-12-10-13(16)8-9-14(12)17/h8-11H,2-7H2,1H3,(H,19,20)/b18-11-. The Morgan fingerprint density at radius 1 is 1.35 bits per heavy atom. The Kier molecular flexibility index (Phi) is 8.11. The quantitative estimate of drug-likeness (QED) is 0.424. The fourth-order valence-electron chi connectivity index (χ4n) is 1.73. The largest absolute Gasteiger partial charge is 0.273 e. The van der Waals surface area contributed by atoms with Crippen LogP contribution in [-0.4, -0.2) is 12.1 Å². The first-order valence-electron chi connectivity index (χ1n) is 6.90. The fourth-order valence-corrected chi connectivity index (χ4v) is 2.11. The Hall–Kier alpha value is -1.23. The molecule has 1 aromatic carbocycles. The predicted octanol–water partition coefficient (Wildman–Crippen LogP) is 4.40. The summed E-state index contributed by atoms with van der Waals surface area (Å²) in [7, 11) is 0. The third-order valence-corrected chi connectivity index (χ3v) is 3.35. The number of hydrogen-bond donors (Lipinski definition) is 1. The Morgan fingerprint density at radius 3 is 2.85 bits per heavy atom. The maximum absolute atomic E-state index is 13.4. The molecule has 0 saturated carbocycles. The number of amides is 1. The topological polar surface area (TPSA) is 41.5 Å². The van der Waals surface area contributed by atoms with Crippen molar-refractivity contribution in [3.8, 4) is 0 Å². The second-order valence-electron chi connectivity index (χ2n) is 4.62. The van der Waals surface area contributed by atoms with Gasteiger partial charge in [-0.05, 0) is 24.6 Å². The molecular formula is C15H20BrFN2O. The van der Waals surface area contributed by atoms with Crippen molar-refractivity contribution in [1.82, 2.24) is 5.43 Å². The fraction of sp³-hybridized carbons (Fsp3) is 0.467. The highest BCUT2D eigenvalue weighted by atomic mass is 79.9. The van der Waals surface area contributed by atoms with E-state index in [1.165, 1.54) is 25.1 Å². The molecule has 0 unspecified atom stereocenters. The Bertz CT molecular complexity index is 463. The second kappa shape index (κ2) is 9.64. The SMILES string of the molecule is CCCCCCCC(=O)N/N=C\c1cc(Br)ccc1F. The van der Waals surface area contributed by atoms with Crippen LogP contribution in [0.2, 0.25) is 0 Å².